The largest absolute Gasteiger partial charge is 0.494 e. The molecule has 0 aromatic heterocycles. The van der Waals surface area contributed by atoms with Crippen molar-refractivity contribution in [2.24, 2.45) is 5.16 Å². The third-order valence-corrected chi connectivity index (χ3v) is 10.1. The number of aliphatic hydroxyl groups excluding tert-OH is 1. The van der Waals surface area contributed by atoms with E-state index in [0.29, 0.717) is 23.6 Å². The zero-order valence-electron chi connectivity index (χ0n) is 30.8. The van der Waals surface area contributed by atoms with Gasteiger partial charge in [-0.25, -0.2) is 0 Å². The predicted molar refractivity (Wildman–Crippen MR) is 210 cm³/mol. The van der Waals surface area contributed by atoms with Crippen LogP contribution in [0.5, 0.6) is 5.75 Å². The first-order chi connectivity index (χ1) is 27.0. The van der Waals surface area contributed by atoms with Crippen molar-refractivity contribution in [3.05, 3.63) is 172 Å². The monoisotopic (exact) mass is 763 g/mol. The van der Waals surface area contributed by atoms with Crippen LogP contribution in [0.3, 0.4) is 0 Å². The fourth-order valence-corrected chi connectivity index (χ4v) is 7.26. The van der Waals surface area contributed by atoms with Crippen molar-refractivity contribution < 1.29 is 38.4 Å². The van der Waals surface area contributed by atoms with Crippen molar-refractivity contribution in [3.8, 4) is 5.75 Å². The normalized spacial score (nSPS) is 23.2. The molecule has 55 heavy (non-hydrogen) atoms. The van der Waals surface area contributed by atoms with Crippen molar-refractivity contribution in [2.45, 2.75) is 62.9 Å². The van der Waals surface area contributed by atoms with Crippen LogP contribution in [0.4, 0.5) is 0 Å². The lowest BCUT2D eigenvalue weighted by atomic mass is 9.83. The van der Waals surface area contributed by atoms with Gasteiger partial charge in [-0.1, -0.05) is 126 Å². The van der Waals surface area contributed by atoms with Crippen LogP contribution >= 0.6 is 11.6 Å². The van der Waals surface area contributed by atoms with Gasteiger partial charge in [0.25, 0.3) is 0 Å². The average molecular weight is 764 g/mol. The Morgan fingerprint density at radius 3 is 1.95 bits per heavy atom. The lowest BCUT2D eigenvalue weighted by molar-refractivity contribution is -0.338. The Labute approximate surface area is 327 Å². The van der Waals surface area contributed by atoms with Gasteiger partial charge < -0.3 is 38.4 Å². The molecule has 2 fully saturated rings. The summed E-state index contributed by atoms with van der Waals surface area (Å²) in [6.07, 6.45) is -0.214. The highest BCUT2D eigenvalue weighted by molar-refractivity contribution is 6.31. The maximum Gasteiger partial charge on any atom is 0.226 e. The lowest BCUT2D eigenvalue weighted by Gasteiger charge is -2.50. The van der Waals surface area contributed by atoms with Crippen molar-refractivity contribution in [1.29, 1.82) is 0 Å². The molecular formula is C45H46ClNO8. The van der Waals surface area contributed by atoms with Gasteiger partial charge in [-0.05, 0) is 65.4 Å². The summed E-state index contributed by atoms with van der Waals surface area (Å²) in [5.74, 6) is -0.672. The Hall–Kier alpha value is -4.58. The van der Waals surface area contributed by atoms with Crippen LogP contribution in [0.1, 0.15) is 40.3 Å². The second-order valence-electron chi connectivity index (χ2n) is 13.6. The second-order valence-corrected chi connectivity index (χ2v) is 14.0. The highest BCUT2D eigenvalue weighted by atomic mass is 35.5. The molecule has 0 amide bonds. The van der Waals surface area contributed by atoms with E-state index in [4.69, 9.17) is 44.9 Å². The quantitative estimate of drug-likeness (QED) is 0.0545. The van der Waals surface area contributed by atoms with Crippen LogP contribution in [0, 0.1) is 0 Å². The van der Waals surface area contributed by atoms with Crippen LogP contribution in [0.25, 0.3) is 0 Å². The Kier molecular flexibility index (Phi) is 12.9. The van der Waals surface area contributed by atoms with E-state index in [1.54, 1.807) is 6.21 Å². The number of fused-ring (bicyclic) bond motifs is 2. The lowest BCUT2D eigenvalue weighted by Crippen LogP contribution is -2.67. The van der Waals surface area contributed by atoms with Crippen LogP contribution in [0.2, 0.25) is 5.02 Å². The summed E-state index contributed by atoms with van der Waals surface area (Å²) < 4.78 is 40.5. The van der Waals surface area contributed by atoms with Gasteiger partial charge in [0.1, 0.15) is 30.7 Å². The molecule has 286 valence electrons. The maximum atomic E-state index is 9.45. The molecule has 0 radical (unpaired) electrons. The molecular weight excluding hydrogens is 718 g/mol. The summed E-state index contributed by atoms with van der Waals surface area (Å²) in [7, 11) is 0. The second kappa shape index (κ2) is 18.4. The third-order valence-electron chi connectivity index (χ3n) is 9.74. The van der Waals surface area contributed by atoms with E-state index in [1.165, 1.54) is 0 Å². The fourth-order valence-electron chi connectivity index (χ4n) is 7.08. The Morgan fingerprint density at radius 1 is 0.745 bits per heavy atom. The van der Waals surface area contributed by atoms with Gasteiger partial charge in [0.2, 0.25) is 5.79 Å². The molecule has 0 aliphatic carbocycles. The Balaban J connectivity index is 1.32. The molecule has 0 saturated carbocycles. The van der Waals surface area contributed by atoms with Crippen LogP contribution < -0.4 is 4.74 Å². The SMILES string of the molecule is CCOc1ccc(Cc2cc([C@]34OC[C@](/C=N/OCCO)(O3)[C@@H](OCc3ccccc3)[C@H](OCc3ccccc3)[C@H]4OCc3ccccc3)ccc2Cl)cc1. The first-order valence-corrected chi connectivity index (χ1v) is 19.0. The fraction of sp³-hybridized carbons (Fsp3) is 0.311. The molecule has 2 saturated heterocycles. The van der Waals surface area contributed by atoms with Gasteiger partial charge in [0, 0.05) is 10.6 Å². The number of ether oxygens (including phenoxy) is 6. The van der Waals surface area contributed by atoms with Gasteiger partial charge in [0.15, 0.2) is 5.60 Å². The van der Waals surface area contributed by atoms with Gasteiger partial charge in [-0.3, -0.25) is 0 Å². The summed E-state index contributed by atoms with van der Waals surface area (Å²) >= 11 is 6.90. The summed E-state index contributed by atoms with van der Waals surface area (Å²) in [5, 5.41) is 14.3. The van der Waals surface area contributed by atoms with E-state index in [1.807, 2.05) is 140 Å². The number of hydrogen-bond acceptors (Lipinski definition) is 9. The topological polar surface area (TPSA) is 97.2 Å². The first kappa shape index (κ1) is 38.7. The molecule has 1 N–H and O–H groups in total. The molecule has 7 rings (SSSR count). The smallest absolute Gasteiger partial charge is 0.226 e. The number of halogens is 1. The van der Waals surface area contributed by atoms with Crippen molar-refractivity contribution in [1.82, 2.24) is 0 Å². The van der Waals surface area contributed by atoms with Gasteiger partial charge in [0.05, 0.1) is 45.9 Å². The van der Waals surface area contributed by atoms with E-state index in [-0.39, 0.29) is 39.6 Å². The number of benzene rings is 5. The molecule has 2 aliphatic heterocycles. The summed E-state index contributed by atoms with van der Waals surface area (Å²) in [6.45, 7) is 3.21. The van der Waals surface area contributed by atoms with Gasteiger partial charge in [-0.15, -0.1) is 0 Å². The van der Waals surface area contributed by atoms with Crippen molar-refractivity contribution in [3.63, 3.8) is 0 Å². The molecule has 0 spiro atoms. The van der Waals surface area contributed by atoms with Gasteiger partial charge in [-0.2, -0.15) is 0 Å². The summed E-state index contributed by atoms with van der Waals surface area (Å²) in [5.41, 5.74) is 4.30. The van der Waals surface area contributed by atoms with Crippen LogP contribution in [0.15, 0.2) is 139 Å². The Morgan fingerprint density at radius 2 is 1.35 bits per heavy atom. The molecule has 9 nitrogen and oxygen atoms in total. The number of aliphatic hydroxyl groups is 1. The van der Waals surface area contributed by atoms with E-state index < -0.39 is 29.7 Å². The van der Waals surface area contributed by atoms with E-state index in [9.17, 15) is 5.11 Å². The minimum Gasteiger partial charge on any atom is -0.494 e. The minimum atomic E-state index is -1.48. The zero-order valence-corrected chi connectivity index (χ0v) is 31.6. The van der Waals surface area contributed by atoms with Crippen LogP contribution in [-0.4, -0.2) is 61.7 Å². The number of nitrogens with zero attached hydrogens (tertiary/aromatic N) is 1. The molecule has 2 heterocycles. The third kappa shape index (κ3) is 9.11. The number of hydrogen-bond donors (Lipinski definition) is 1. The molecule has 5 aromatic rings. The minimum absolute atomic E-state index is 0.0109. The summed E-state index contributed by atoms with van der Waals surface area (Å²) in [6, 6.07) is 43.7. The van der Waals surface area contributed by atoms with Crippen LogP contribution in [-0.2, 0) is 60.6 Å². The van der Waals surface area contributed by atoms with E-state index >= 15 is 0 Å². The maximum absolute atomic E-state index is 9.45. The molecule has 5 aromatic carbocycles. The van der Waals surface area contributed by atoms with Gasteiger partial charge >= 0.3 is 0 Å². The summed E-state index contributed by atoms with van der Waals surface area (Å²) in [4.78, 5) is 5.43. The van der Waals surface area contributed by atoms with Crippen molar-refractivity contribution >= 4 is 17.8 Å². The zero-order chi connectivity index (χ0) is 37.9. The van der Waals surface area contributed by atoms with Crippen molar-refractivity contribution in [2.75, 3.05) is 26.4 Å². The van der Waals surface area contributed by atoms with E-state index in [0.717, 1.165) is 33.6 Å². The number of rotatable bonds is 18. The Bertz CT molecular complexity index is 1970. The predicted octanol–water partition coefficient (Wildman–Crippen LogP) is 8.03. The standard InChI is InChI=1S/C45H46ClNO8/c1-2-49-39-21-18-33(19-22-39)26-37-27-38(20-23-40(37)46)45-43(52-30-36-16-10-5-11-17-36)41(50-28-34-12-6-3-7-13-34)42(51-29-35-14-8-4-9-15-35)44(55-45,32-53-45)31-47-54-25-24-48/h3-23,27,31,41-43,48H,2,24-26,28-30,32H2,1H3/b47-31+/t41-,42-,43+,44-,45-/m0/s1. The highest BCUT2D eigenvalue weighted by Crippen LogP contribution is 2.53. The highest BCUT2D eigenvalue weighted by Gasteiger charge is 2.69. The average Bonchev–Trinajstić information content (AvgIpc) is 3.58. The molecule has 5 atom stereocenters. The molecule has 10 heteroatoms. The first-order valence-electron chi connectivity index (χ1n) is 18.6. The molecule has 2 aliphatic rings. The number of oxime groups is 1. The van der Waals surface area contributed by atoms with E-state index in [2.05, 4.69) is 5.16 Å². The molecule has 2 bridgehead atoms. The molecule has 0 unspecified atom stereocenters.